The molecule has 0 N–H and O–H groups in total. The van der Waals surface area contributed by atoms with Crippen molar-refractivity contribution in [1.82, 2.24) is 0 Å². The SMILES string of the molecule is C=C/C=C(\C=C)C1(/C(C=C)=C/C=C\C)CC(C)CC(C)(C)C1. The molecule has 2 unspecified atom stereocenters. The van der Waals surface area contributed by atoms with Crippen LogP contribution in [0.5, 0.6) is 0 Å². The third-order valence-corrected chi connectivity index (χ3v) is 4.69. The summed E-state index contributed by atoms with van der Waals surface area (Å²) in [6.07, 6.45) is 17.9. The average molecular weight is 296 g/mol. The van der Waals surface area contributed by atoms with Gasteiger partial charge in [-0.1, -0.05) is 83.0 Å². The summed E-state index contributed by atoms with van der Waals surface area (Å²) in [5, 5.41) is 0. The van der Waals surface area contributed by atoms with Crippen molar-refractivity contribution < 1.29 is 0 Å². The van der Waals surface area contributed by atoms with Gasteiger partial charge in [0.1, 0.15) is 0 Å². The smallest absolute Gasteiger partial charge is 0.0210 e. The minimum atomic E-state index is -0.0155. The Labute approximate surface area is 137 Å². The topological polar surface area (TPSA) is 0 Å². The molecule has 0 heterocycles. The van der Waals surface area contributed by atoms with Crippen LogP contribution < -0.4 is 0 Å². The zero-order chi connectivity index (χ0) is 16.8. The molecule has 0 heteroatoms. The summed E-state index contributed by atoms with van der Waals surface area (Å²) in [4.78, 5) is 0. The van der Waals surface area contributed by atoms with Crippen LogP contribution in [0.4, 0.5) is 0 Å². The number of hydrogen-bond donors (Lipinski definition) is 0. The molecule has 1 rings (SSSR count). The molecule has 120 valence electrons. The molecule has 22 heavy (non-hydrogen) atoms. The van der Waals surface area contributed by atoms with E-state index in [0.29, 0.717) is 11.3 Å². The molecule has 1 aliphatic rings. The van der Waals surface area contributed by atoms with Gasteiger partial charge in [0.05, 0.1) is 0 Å². The highest BCUT2D eigenvalue weighted by molar-refractivity contribution is 5.44. The lowest BCUT2D eigenvalue weighted by Gasteiger charge is -2.49. The van der Waals surface area contributed by atoms with Crippen molar-refractivity contribution >= 4 is 0 Å². The van der Waals surface area contributed by atoms with E-state index in [1.165, 1.54) is 17.6 Å². The van der Waals surface area contributed by atoms with Gasteiger partial charge in [0.15, 0.2) is 0 Å². The predicted octanol–water partition coefficient (Wildman–Crippen LogP) is 6.81. The first-order valence-corrected chi connectivity index (χ1v) is 8.26. The van der Waals surface area contributed by atoms with Crippen molar-refractivity contribution in [1.29, 1.82) is 0 Å². The van der Waals surface area contributed by atoms with E-state index >= 15 is 0 Å². The Kier molecular flexibility index (Phi) is 6.41. The van der Waals surface area contributed by atoms with Crippen LogP contribution in [0.2, 0.25) is 0 Å². The van der Waals surface area contributed by atoms with Crippen LogP contribution in [-0.4, -0.2) is 0 Å². The van der Waals surface area contributed by atoms with E-state index in [9.17, 15) is 0 Å². The van der Waals surface area contributed by atoms with Gasteiger partial charge in [-0.05, 0) is 48.7 Å². The van der Waals surface area contributed by atoms with Gasteiger partial charge in [-0.25, -0.2) is 0 Å². The minimum Gasteiger partial charge on any atom is -0.0991 e. The lowest BCUT2D eigenvalue weighted by atomic mass is 9.54. The second kappa shape index (κ2) is 7.63. The summed E-state index contributed by atoms with van der Waals surface area (Å²) in [5.74, 6) is 0.672. The van der Waals surface area contributed by atoms with Crippen LogP contribution in [0, 0.1) is 16.7 Å². The van der Waals surface area contributed by atoms with E-state index in [1.54, 1.807) is 0 Å². The maximum atomic E-state index is 4.09. The van der Waals surface area contributed by atoms with Gasteiger partial charge in [-0.15, -0.1) is 0 Å². The molecule has 1 saturated carbocycles. The summed E-state index contributed by atoms with van der Waals surface area (Å²) in [6.45, 7) is 21.2. The van der Waals surface area contributed by atoms with Crippen molar-refractivity contribution in [2.75, 3.05) is 0 Å². The van der Waals surface area contributed by atoms with Gasteiger partial charge >= 0.3 is 0 Å². The van der Waals surface area contributed by atoms with Crippen LogP contribution >= 0.6 is 0 Å². The third kappa shape index (κ3) is 4.00. The quantitative estimate of drug-likeness (QED) is 0.472. The van der Waals surface area contributed by atoms with Gasteiger partial charge in [0.25, 0.3) is 0 Å². The highest BCUT2D eigenvalue weighted by Crippen LogP contribution is 2.56. The molecule has 0 saturated heterocycles. The van der Waals surface area contributed by atoms with E-state index in [2.05, 4.69) is 64.8 Å². The van der Waals surface area contributed by atoms with E-state index in [-0.39, 0.29) is 5.41 Å². The van der Waals surface area contributed by atoms with Crippen molar-refractivity contribution in [3.05, 3.63) is 73.4 Å². The second-order valence-electron chi connectivity index (χ2n) is 7.35. The standard InChI is InChI=1S/C22H32/c1-8-12-14-20(11-4)22(19(10-3)13-9-2)16-18(5)15-21(6,7)17-22/h8-14,18H,2-4,15-17H2,1,5-7H3/b12-8-,19-13+,20-14+. The summed E-state index contributed by atoms with van der Waals surface area (Å²) in [7, 11) is 0. The van der Waals surface area contributed by atoms with Crippen molar-refractivity contribution in [2.24, 2.45) is 16.7 Å². The molecule has 2 atom stereocenters. The van der Waals surface area contributed by atoms with Gasteiger partial charge in [0, 0.05) is 5.41 Å². The molecule has 0 nitrogen and oxygen atoms in total. The first-order chi connectivity index (χ1) is 10.3. The Morgan fingerprint density at radius 3 is 2.05 bits per heavy atom. The monoisotopic (exact) mass is 296 g/mol. The van der Waals surface area contributed by atoms with E-state index in [4.69, 9.17) is 0 Å². The first kappa shape index (κ1) is 18.5. The molecule has 0 aromatic heterocycles. The molecule has 1 fully saturated rings. The maximum Gasteiger partial charge on any atom is 0.0210 e. The summed E-state index contributed by atoms with van der Waals surface area (Å²) < 4.78 is 0. The van der Waals surface area contributed by atoms with E-state index < -0.39 is 0 Å². The maximum absolute atomic E-state index is 4.09. The lowest BCUT2D eigenvalue weighted by Crippen LogP contribution is -2.39. The molecular weight excluding hydrogens is 264 g/mol. The molecule has 0 spiro atoms. The Morgan fingerprint density at radius 1 is 1.00 bits per heavy atom. The molecule has 0 amide bonds. The van der Waals surface area contributed by atoms with Crippen molar-refractivity contribution in [3.63, 3.8) is 0 Å². The Bertz CT molecular complexity index is 510. The molecule has 0 bridgehead atoms. The van der Waals surface area contributed by atoms with Crippen LogP contribution in [0.1, 0.15) is 47.0 Å². The average Bonchev–Trinajstić information content (AvgIpc) is 2.43. The zero-order valence-electron chi connectivity index (χ0n) is 14.9. The fourth-order valence-electron chi connectivity index (χ4n) is 4.35. The van der Waals surface area contributed by atoms with Crippen LogP contribution in [0.15, 0.2) is 73.4 Å². The predicted molar refractivity (Wildman–Crippen MR) is 101 cm³/mol. The highest BCUT2D eigenvalue weighted by Gasteiger charge is 2.45. The Hall–Kier alpha value is -1.56. The molecule has 1 aliphatic carbocycles. The largest absolute Gasteiger partial charge is 0.0991 e. The molecular formula is C22H32. The first-order valence-electron chi connectivity index (χ1n) is 8.26. The molecule has 0 aliphatic heterocycles. The Morgan fingerprint density at radius 2 is 1.59 bits per heavy atom. The molecule has 0 aromatic carbocycles. The summed E-state index contributed by atoms with van der Waals surface area (Å²) in [5.41, 5.74) is 2.84. The number of allylic oxidation sites excluding steroid dienone is 9. The van der Waals surface area contributed by atoms with Crippen molar-refractivity contribution in [3.8, 4) is 0 Å². The van der Waals surface area contributed by atoms with Gasteiger partial charge in [0.2, 0.25) is 0 Å². The molecule has 0 radical (unpaired) electrons. The second-order valence-corrected chi connectivity index (χ2v) is 7.35. The normalized spacial score (nSPS) is 29.4. The summed E-state index contributed by atoms with van der Waals surface area (Å²) in [6, 6.07) is 0. The fourth-order valence-corrected chi connectivity index (χ4v) is 4.35. The van der Waals surface area contributed by atoms with E-state index in [1.807, 2.05) is 25.2 Å². The van der Waals surface area contributed by atoms with Crippen LogP contribution in [0.3, 0.4) is 0 Å². The van der Waals surface area contributed by atoms with Gasteiger partial charge in [-0.3, -0.25) is 0 Å². The third-order valence-electron chi connectivity index (χ3n) is 4.69. The number of hydrogen-bond acceptors (Lipinski definition) is 0. The number of rotatable bonds is 6. The van der Waals surface area contributed by atoms with Crippen LogP contribution in [-0.2, 0) is 0 Å². The highest BCUT2D eigenvalue weighted by atomic mass is 14.5. The molecule has 0 aromatic rings. The Balaban J connectivity index is 3.56. The van der Waals surface area contributed by atoms with Crippen molar-refractivity contribution in [2.45, 2.75) is 47.0 Å². The van der Waals surface area contributed by atoms with Gasteiger partial charge in [-0.2, -0.15) is 0 Å². The van der Waals surface area contributed by atoms with Gasteiger partial charge < -0.3 is 0 Å². The lowest BCUT2D eigenvalue weighted by molar-refractivity contribution is 0.103. The summed E-state index contributed by atoms with van der Waals surface area (Å²) >= 11 is 0. The van der Waals surface area contributed by atoms with E-state index in [0.717, 1.165) is 12.8 Å². The zero-order valence-corrected chi connectivity index (χ0v) is 14.9. The minimum absolute atomic E-state index is 0.0155. The fraction of sp³-hybridized carbons (Fsp3) is 0.455. The van der Waals surface area contributed by atoms with Crippen LogP contribution in [0.25, 0.3) is 0 Å².